The second-order valence-corrected chi connectivity index (χ2v) is 15.7. The summed E-state index contributed by atoms with van der Waals surface area (Å²) in [6, 6.07) is 7.80. The van der Waals surface area contributed by atoms with Crippen LogP contribution in [0.25, 0.3) is 0 Å². The molecule has 3 aliphatic carbocycles. The molecule has 5 rings (SSSR count). The molecule has 0 saturated heterocycles. The molecule has 1 aromatic rings. The van der Waals surface area contributed by atoms with Crippen molar-refractivity contribution in [2.45, 2.75) is 118 Å². The highest BCUT2D eigenvalue weighted by Gasteiger charge is 2.76. The Kier molecular flexibility index (Phi) is 11.4. The molecule has 1 heterocycles. The summed E-state index contributed by atoms with van der Waals surface area (Å²) < 4.78 is 36.8. The summed E-state index contributed by atoms with van der Waals surface area (Å²) in [5.41, 5.74) is -2.66. The third kappa shape index (κ3) is 6.68. The van der Waals surface area contributed by atoms with E-state index in [4.69, 9.17) is 28.4 Å². The molecule has 2 fully saturated rings. The van der Waals surface area contributed by atoms with Gasteiger partial charge in [0.2, 0.25) is 0 Å². The predicted molar refractivity (Wildman–Crippen MR) is 191 cm³/mol. The highest BCUT2D eigenvalue weighted by molar-refractivity contribution is 5.68. The smallest absolute Gasteiger partial charge is 0.303 e. The van der Waals surface area contributed by atoms with Gasteiger partial charge in [0, 0.05) is 44.9 Å². The summed E-state index contributed by atoms with van der Waals surface area (Å²) in [4.78, 5) is 51.7. The van der Waals surface area contributed by atoms with E-state index in [1.165, 1.54) is 27.7 Å². The van der Waals surface area contributed by atoms with Crippen LogP contribution in [0, 0.1) is 34.0 Å². The Morgan fingerprint density at radius 2 is 1.65 bits per heavy atom. The molecule has 11 heteroatoms. The molecular formula is C41H56O11. The minimum Gasteiger partial charge on any atom is -0.494 e. The Labute approximate surface area is 307 Å². The normalized spacial score (nSPS) is 37.1. The number of aryl methyl sites for hydroxylation is 1. The highest BCUT2D eigenvalue weighted by Crippen LogP contribution is 2.72. The molecule has 0 amide bonds. The van der Waals surface area contributed by atoms with E-state index >= 15 is 0 Å². The van der Waals surface area contributed by atoms with Crippen molar-refractivity contribution in [3.8, 4) is 5.75 Å². The average molecular weight is 725 g/mol. The maximum atomic E-state index is 13.2. The van der Waals surface area contributed by atoms with Gasteiger partial charge in [0.05, 0.1) is 30.8 Å². The Hall–Kier alpha value is -3.70. The van der Waals surface area contributed by atoms with Gasteiger partial charge in [0.25, 0.3) is 0 Å². The lowest BCUT2D eigenvalue weighted by Gasteiger charge is -2.71. The first-order valence-corrected chi connectivity index (χ1v) is 18.5. The van der Waals surface area contributed by atoms with E-state index in [0.717, 1.165) is 11.3 Å². The molecular weight excluding hydrogens is 668 g/mol. The number of hydrogen-bond donors (Lipinski definition) is 1. The van der Waals surface area contributed by atoms with Crippen LogP contribution in [0.2, 0.25) is 0 Å². The van der Waals surface area contributed by atoms with E-state index in [0.29, 0.717) is 37.9 Å². The number of benzene rings is 1. The Bertz CT molecular complexity index is 1600. The predicted octanol–water partition coefficient (Wildman–Crippen LogP) is 5.70. The molecule has 1 aromatic carbocycles. The van der Waals surface area contributed by atoms with Gasteiger partial charge in [0.1, 0.15) is 24.1 Å². The Morgan fingerprint density at radius 1 is 0.981 bits per heavy atom. The van der Waals surface area contributed by atoms with Crippen LogP contribution >= 0.6 is 0 Å². The molecule has 0 spiro atoms. The lowest BCUT2D eigenvalue weighted by Crippen LogP contribution is -2.76. The van der Waals surface area contributed by atoms with Crippen molar-refractivity contribution < 1.29 is 52.7 Å². The molecule has 52 heavy (non-hydrogen) atoms. The molecule has 1 N–H and O–H groups in total. The summed E-state index contributed by atoms with van der Waals surface area (Å²) in [6.45, 7) is 15.8. The fourth-order valence-electron chi connectivity index (χ4n) is 10.9. The number of para-hydroxylation sites is 1. The minimum atomic E-state index is -1.36. The van der Waals surface area contributed by atoms with Gasteiger partial charge in [-0.2, -0.15) is 0 Å². The van der Waals surface area contributed by atoms with Gasteiger partial charge in [0.15, 0.2) is 6.10 Å². The zero-order chi connectivity index (χ0) is 38.2. The average Bonchev–Trinajstić information content (AvgIpc) is 3.29. The van der Waals surface area contributed by atoms with E-state index in [9.17, 15) is 24.3 Å². The summed E-state index contributed by atoms with van der Waals surface area (Å²) in [7, 11) is 0. The number of ether oxygens (including phenoxy) is 6. The minimum absolute atomic E-state index is 0.0485. The zero-order valence-corrected chi connectivity index (χ0v) is 32.1. The van der Waals surface area contributed by atoms with Crippen molar-refractivity contribution in [2.24, 2.45) is 34.0 Å². The molecule has 4 aliphatic rings. The van der Waals surface area contributed by atoms with Crippen molar-refractivity contribution in [1.82, 2.24) is 0 Å². The van der Waals surface area contributed by atoms with Gasteiger partial charge >= 0.3 is 23.9 Å². The van der Waals surface area contributed by atoms with E-state index in [1.807, 2.05) is 57.2 Å². The lowest BCUT2D eigenvalue weighted by atomic mass is 9.35. The number of aliphatic hydroxyl groups is 1. The molecule has 2 saturated carbocycles. The monoisotopic (exact) mass is 724 g/mol. The molecule has 0 bridgehead atoms. The van der Waals surface area contributed by atoms with Crippen molar-refractivity contribution >= 4 is 23.9 Å². The topological polar surface area (TPSA) is 144 Å². The van der Waals surface area contributed by atoms with Crippen LogP contribution < -0.4 is 4.74 Å². The maximum absolute atomic E-state index is 13.2. The first-order chi connectivity index (χ1) is 24.5. The molecule has 0 aromatic heterocycles. The van der Waals surface area contributed by atoms with E-state index in [-0.39, 0.29) is 13.2 Å². The first-order valence-electron chi connectivity index (χ1n) is 18.5. The fourth-order valence-corrected chi connectivity index (χ4v) is 10.9. The quantitative estimate of drug-likeness (QED) is 0.180. The Morgan fingerprint density at radius 3 is 2.29 bits per heavy atom. The summed E-state index contributed by atoms with van der Waals surface area (Å²) in [5, 5.41) is 13.1. The lowest BCUT2D eigenvalue weighted by molar-refractivity contribution is -0.304. The van der Waals surface area contributed by atoms with Crippen LogP contribution in [-0.2, 0) is 49.3 Å². The number of fused-ring (bicyclic) bond motifs is 5. The van der Waals surface area contributed by atoms with Gasteiger partial charge in [-0.15, -0.1) is 0 Å². The third-order valence-electron chi connectivity index (χ3n) is 12.8. The zero-order valence-electron chi connectivity index (χ0n) is 32.1. The number of carbonyl (C=O) groups excluding carboxylic acids is 4. The number of carbonyl (C=O) groups is 4. The fraction of sp³-hybridized carbons (Fsp3) is 0.659. The van der Waals surface area contributed by atoms with Crippen LogP contribution in [-0.4, -0.2) is 78.8 Å². The molecule has 11 atom stereocenters. The number of esters is 4. The molecule has 11 nitrogen and oxygen atoms in total. The first kappa shape index (κ1) is 39.5. The van der Waals surface area contributed by atoms with Crippen molar-refractivity contribution in [1.29, 1.82) is 0 Å². The summed E-state index contributed by atoms with van der Waals surface area (Å²) >= 11 is 0. The van der Waals surface area contributed by atoms with E-state index in [2.05, 4.69) is 13.0 Å². The molecule has 0 radical (unpaired) electrons. The second-order valence-electron chi connectivity index (χ2n) is 15.7. The largest absolute Gasteiger partial charge is 0.494 e. The molecule has 286 valence electrons. The van der Waals surface area contributed by atoms with Crippen LogP contribution in [0.5, 0.6) is 5.75 Å². The van der Waals surface area contributed by atoms with E-state index < -0.39 is 87.9 Å². The van der Waals surface area contributed by atoms with E-state index in [1.54, 1.807) is 6.92 Å². The van der Waals surface area contributed by atoms with Crippen molar-refractivity contribution in [2.75, 3.05) is 19.8 Å². The molecule has 1 aliphatic heterocycles. The number of hydrogen-bond acceptors (Lipinski definition) is 11. The number of allylic oxidation sites excluding steroid dienone is 1. The van der Waals surface area contributed by atoms with Gasteiger partial charge in [-0.3, -0.25) is 19.2 Å². The van der Waals surface area contributed by atoms with Gasteiger partial charge in [-0.25, -0.2) is 0 Å². The van der Waals surface area contributed by atoms with Crippen LogP contribution in [0.3, 0.4) is 0 Å². The highest BCUT2D eigenvalue weighted by atomic mass is 16.6. The maximum Gasteiger partial charge on any atom is 0.303 e. The van der Waals surface area contributed by atoms with Crippen LogP contribution in [0.4, 0.5) is 0 Å². The van der Waals surface area contributed by atoms with Crippen molar-refractivity contribution in [3.05, 3.63) is 53.6 Å². The van der Waals surface area contributed by atoms with Crippen LogP contribution in [0.15, 0.2) is 48.1 Å². The second kappa shape index (κ2) is 15.0. The SMILES string of the molecule is CCOc1ccccc1CC[C@]1(O)C(C)=C[C@@H](OC(C)=O)[C@]2(C)C3[C@H](OC(C)=O)[C@H](OC(C)=O)[C@@]4(C(C)OC(C)=O)COCC=C[C@H]4[C@]3(C)CC[C@H]21. The van der Waals surface area contributed by atoms with Gasteiger partial charge in [-0.05, 0) is 81.1 Å². The van der Waals surface area contributed by atoms with Gasteiger partial charge < -0.3 is 33.5 Å². The third-order valence-corrected chi connectivity index (χ3v) is 12.8. The number of rotatable bonds is 10. The molecule has 2 unspecified atom stereocenters. The summed E-state index contributed by atoms with van der Waals surface area (Å²) in [5.74, 6) is -2.98. The summed E-state index contributed by atoms with van der Waals surface area (Å²) in [6.07, 6.45) is 3.91. The Balaban J connectivity index is 1.75. The standard InChI is InChI=1S/C41H56O11/c1-10-48-31-15-12-11-14-30(31)17-20-41(46)24(2)22-34(50-27(5)43)39(9)33(41)18-19-38(8)32-16-13-21-47-23-40(32,25(3)49-26(4)42)37(52-29(7)45)35(36(38)39)51-28(6)44/h11-16,22,25,32-37,46H,10,17-21,23H2,1-9H3/t25?,32-,33+,34+,35-,36?,37-,38-,39+,40+,41-/m0/s1. The van der Waals surface area contributed by atoms with Gasteiger partial charge in [-0.1, -0.05) is 44.2 Å². The van der Waals surface area contributed by atoms with Crippen LogP contribution in [0.1, 0.15) is 87.1 Å². The van der Waals surface area contributed by atoms with Crippen molar-refractivity contribution in [3.63, 3.8) is 0 Å².